The minimum atomic E-state index is -0.741. The second-order valence-corrected chi connectivity index (χ2v) is 3.10. The Labute approximate surface area is 90.7 Å². The molecular formula is C11H8F2N2O. The first-order valence-electron chi connectivity index (χ1n) is 4.52. The van der Waals surface area contributed by atoms with Gasteiger partial charge in [0, 0.05) is 17.2 Å². The summed E-state index contributed by atoms with van der Waals surface area (Å²) in [4.78, 5) is 0. The highest BCUT2D eigenvalue weighted by Crippen LogP contribution is 2.32. The van der Waals surface area contributed by atoms with Crippen LogP contribution in [0.1, 0.15) is 0 Å². The Morgan fingerprint density at radius 3 is 2.62 bits per heavy atom. The van der Waals surface area contributed by atoms with Gasteiger partial charge in [0.2, 0.25) is 0 Å². The highest BCUT2D eigenvalue weighted by Gasteiger charge is 2.13. The molecule has 1 heterocycles. The van der Waals surface area contributed by atoms with E-state index in [-0.39, 0.29) is 5.75 Å². The monoisotopic (exact) mass is 222 g/mol. The van der Waals surface area contributed by atoms with Crippen LogP contribution in [0.3, 0.4) is 0 Å². The van der Waals surface area contributed by atoms with E-state index in [0.717, 1.165) is 6.07 Å². The fourth-order valence-corrected chi connectivity index (χ4v) is 1.43. The molecule has 82 valence electrons. The minimum absolute atomic E-state index is 0.00519. The third-order valence-corrected chi connectivity index (χ3v) is 2.11. The molecular weight excluding hydrogens is 214 g/mol. The maximum absolute atomic E-state index is 13.4. The lowest BCUT2D eigenvalue weighted by molar-refractivity contribution is 0.386. The summed E-state index contributed by atoms with van der Waals surface area (Å²) >= 11 is 0. The normalized spacial score (nSPS) is 10.2. The number of rotatable bonds is 2. The quantitative estimate of drug-likeness (QED) is 0.782. The molecule has 0 amide bonds. The number of hydrogen-bond acceptors (Lipinski definition) is 3. The van der Waals surface area contributed by atoms with Crippen LogP contribution in [0.5, 0.6) is 5.75 Å². The van der Waals surface area contributed by atoms with Gasteiger partial charge in [-0.15, -0.1) is 0 Å². The van der Waals surface area contributed by atoms with Crippen molar-refractivity contribution in [1.29, 1.82) is 0 Å². The maximum atomic E-state index is 13.4. The fraction of sp³-hybridized carbons (Fsp3) is 0.0909. The smallest absolute Gasteiger partial charge is 0.168 e. The molecule has 0 spiro atoms. The van der Waals surface area contributed by atoms with Gasteiger partial charge in [-0.1, -0.05) is 0 Å². The molecule has 0 fully saturated rings. The lowest BCUT2D eigenvalue weighted by atomic mass is 10.1. The summed E-state index contributed by atoms with van der Waals surface area (Å²) < 4.78 is 31.4. The Kier molecular flexibility index (Phi) is 2.76. The van der Waals surface area contributed by atoms with Crippen molar-refractivity contribution < 1.29 is 13.5 Å². The van der Waals surface area contributed by atoms with E-state index in [2.05, 4.69) is 10.2 Å². The number of aromatic nitrogens is 2. The molecule has 0 aliphatic carbocycles. The van der Waals surface area contributed by atoms with Gasteiger partial charge < -0.3 is 4.74 Å². The summed E-state index contributed by atoms with van der Waals surface area (Å²) in [7, 11) is 1.33. The van der Waals surface area contributed by atoms with Crippen molar-refractivity contribution in [2.24, 2.45) is 0 Å². The Morgan fingerprint density at radius 2 is 2.00 bits per heavy atom. The molecule has 3 nitrogen and oxygen atoms in total. The van der Waals surface area contributed by atoms with Crippen LogP contribution in [-0.2, 0) is 0 Å². The summed E-state index contributed by atoms with van der Waals surface area (Å²) in [6.45, 7) is 0. The number of hydrogen-bond donors (Lipinski definition) is 0. The topological polar surface area (TPSA) is 35.0 Å². The first kappa shape index (κ1) is 10.5. The fourth-order valence-electron chi connectivity index (χ4n) is 1.43. The first-order valence-corrected chi connectivity index (χ1v) is 4.52. The van der Waals surface area contributed by atoms with Crippen LogP contribution in [0.15, 0.2) is 30.6 Å². The number of benzene rings is 1. The number of ether oxygens (including phenoxy) is 1. The van der Waals surface area contributed by atoms with Crippen LogP contribution < -0.4 is 4.74 Å². The second-order valence-electron chi connectivity index (χ2n) is 3.10. The molecule has 5 heteroatoms. The molecule has 2 rings (SSSR count). The van der Waals surface area contributed by atoms with Gasteiger partial charge in [-0.3, -0.25) is 0 Å². The summed E-state index contributed by atoms with van der Waals surface area (Å²) in [6.07, 6.45) is 2.86. The molecule has 0 N–H and O–H groups in total. The third kappa shape index (κ3) is 1.84. The van der Waals surface area contributed by atoms with Crippen LogP contribution >= 0.6 is 0 Å². The molecule has 0 unspecified atom stereocenters. The van der Waals surface area contributed by atoms with Crippen molar-refractivity contribution in [1.82, 2.24) is 10.2 Å². The van der Waals surface area contributed by atoms with E-state index in [9.17, 15) is 8.78 Å². The van der Waals surface area contributed by atoms with Crippen molar-refractivity contribution in [2.45, 2.75) is 0 Å². The van der Waals surface area contributed by atoms with Gasteiger partial charge in [-0.05, 0) is 12.1 Å². The average molecular weight is 222 g/mol. The van der Waals surface area contributed by atoms with Crippen molar-refractivity contribution in [3.8, 4) is 16.9 Å². The zero-order chi connectivity index (χ0) is 11.5. The molecule has 0 saturated heterocycles. The van der Waals surface area contributed by atoms with Gasteiger partial charge in [0.25, 0.3) is 0 Å². The molecule has 0 aliphatic heterocycles. The molecule has 2 aromatic rings. The summed E-state index contributed by atoms with van der Waals surface area (Å²) in [5.41, 5.74) is 0.861. The summed E-state index contributed by atoms with van der Waals surface area (Å²) in [5.74, 6) is -1.41. The van der Waals surface area contributed by atoms with Crippen LogP contribution in [-0.4, -0.2) is 17.3 Å². The van der Waals surface area contributed by atoms with Crippen molar-refractivity contribution in [3.63, 3.8) is 0 Å². The lowest BCUT2D eigenvalue weighted by Gasteiger charge is -2.09. The molecule has 0 saturated carbocycles. The number of nitrogens with zero attached hydrogens (tertiary/aromatic N) is 2. The van der Waals surface area contributed by atoms with Crippen LogP contribution in [0.25, 0.3) is 11.1 Å². The van der Waals surface area contributed by atoms with Gasteiger partial charge >= 0.3 is 0 Å². The third-order valence-electron chi connectivity index (χ3n) is 2.11. The Hall–Kier alpha value is -2.04. The molecule has 0 radical (unpaired) electrons. The SMILES string of the molecule is COc1c(F)cc(F)cc1-c1ccnnc1. The van der Waals surface area contributed by atoms with E-state index in [1.165, 1.54) is 25.6 Å². The van der Waals surface area contributed by atoms with E-state index in [1.54, 1.807) is 6.07 Å². The Balaban J connectivity index is 2.64. The molecule has 1 aromatic carbocycles. The van der Waals surface area contributed by atoms with Gasteiger partial charge in [0.15, 0.2) is 11.6 Å². The van der Waals surface area contributed by atoms with E-state index in [1.807, 2.05) is 0 Å². The van der Waals surface area contributed by atoms with Gasteiger partial charge in [-0.2, -0.15) is 10.2 Å². The summed E-state index contributed by atoms with van der Waals surface area (Å²) in [6, 6.07) is 3.57. The standard InChI is InChI=1S/C11H8F2N2O/c1-16-11-9(4-8(12)5-10(11)13)7-2-3-14-15-6-7/h2-6H,1H3. The molecule has 1 aromatic heterocycles. The van der Waals surface area contributed by atoms with Gasteiger partial charge in [-0.25, -0.2) is 8.78 Å². The maximum Gasteiger partial charge on any atom is 0.168 e. The summed E-state index contributed by atoms with van der Waals surface area (Å²) in [5, 5.41) is 7.24. The zero-order valence-corrected chi connectivity index (χ0v) is 8.45. The minimum Gasteiger partial charge on any atom is -0.493 e. The average Bonchev–Trinajstić information content (AvgIpc) is 2.29. The molecule has 0 aliphatic rings. The van der Waals surface area contributed by atoms with Gasteiger partial charge in [0.05, 0.1) is 19.5 Å². The molecule has 16 heavy (non-hydrogen) atoms. The van der Waals surface area contributed by atoms with E-state index in [4.69, 9.17) is 4.74 Å². The Morgan fingerprint density at radius 1 is 1.19 bits per heavy atom. The highest BCUT2D eigenvalue weighted by atomic mass is 19.1. The Bertz CT molecular complexity index is 503. The zero-order valence-electron chi connectivity index (χ0n) is 8.45. The molecule has 0 atom stereocenters. The first-order chi connectivity index (χ1) is 7.72. The molecule has 0 bridgehead atoms. The predicted molar refractivity (Wildman–Crippen MR) is 53.9 cm³/mol. The predicted octanol–water partition coefficient (Wildman–Crippen LogP) is 2.43. The van der Waals surface area contributed by atoms with Crippen molar-refractivity contribution in [2.75, 3.05) is 7.11 Å². The van der Waals surface area contributed by atoms with E-state index in [0.29, 0.717) is 11.1 Å². The lowest BCUT2D eigenvalue weighted by Crippen LogP contribution is -1.94. The van der Waals surface area contributed by atoms with Crippen molar-refractivity contribution in [3.05, 3.63) is 42.2 Å². The number of halogens is 2. The van der Waals surface area contributed by atoms with Gasteiger partial charge in [0.1, 0.15) is 5.82 Å². The van der Waals surface area contributed by atoms with E-state index < -0.39 is 11.6 Å². The van der Waals surface area contributed by atoms with Crippen molar-refractivity contribution >= 4 is 0 Å². The highest BCUT2D eigenvalue weighted by molar-refractivity contribution is 5.69. The van der Waals surface area contributed by atoms with Crippen LogP contribution in [0.4, 0.5) is 8.78 Å². The van der Waals surface area contributed by atoms with Crippen LogP contribution in [0.2, 0.25) is 0 Å². The largest absolute Gasteiger partial charge is 0.493 e. The van der Waals surface area contributed by atoms with Crippen LogP contribution in [0, 0.1) is 11.6 Å². The second kappa shape index (κ2) is 4.22. The van der Waals surface area contributed by atoms with E-state index >= 15 is 0 Å². The number of methoxy groups -OCH3 is 1.